The molecule has 1 atom stereocenters. The highest BCUT2D eigenvalue weighted by molar-refractivity contribution is 5.88. The first-order chi connectivity index (χ1) is 16.5. The maximum atomic E-state index is 13.3. The third-order valence-corrected chi connectivity index (χ3v) is 5.41. The number of carbonyl (C=O) groups excluding carboxylic acids is 2. The van der Waals surface area contributed by atoms with Crippen molar-refractivity contribution in [3.63, 3.8) is 0 Å². The Hall–Kier alpha value is -3.87. The molecule has 3 rings (SSSR count). The van der Waals surface area contributed by atoms with E-state index < -0.39 is 6.04 Å². The molecular formula is C27H29FN2O4. The summed E-state index contributed by atoms with van der Waals surface area (Å²) in [6.07, 6.45) is 0.644. The fourth-order valence-corrected chi connectivity index (χ4v) is 3.38. The van der Waals surface area contributed by atoms with E-state index in [0.29, 0.717) is 24.3 Å². The van der Waals surface area contributed by atoms with Crippen LogP contribution in [-0.2, 0) is 22.6 Å². The lowest BCUT2D eigenvalue weighted by molar-refractivity contribution is -0.142. The average Bonchev–Trinajstić information content (AvgIpc) is 2.87. The molecule has 6 nitrogen and oxygen atoms in total. The maximum Gasteiger partial charge on any atom is 0.261 e. The summed E-state index contributed by atoms with van der Waals surface area (Å²) in [7, 11) is 1.61. The molecule has 3 aromatic rings. The highest BCUT2D eigenvalue weighted by Crippen LogP contribution is 2.14. The summed E-state index contributed by atoms with van der Waals surface area (Å²) in [5.74, 6) is 0.358. The third-order valence-electron chi connectivity index (χ3n) is 5.41. The molecule has 1 N–H and O–H groups in total. The van der Waals surface area contributed by atoms with E-state index >= 15 is 0 Å². The second kappa shape index (κ2) is 12.4. The molecule has 3 aromatic carbocycles. The van der Waals surface area contributed by atoms with Crippen LogP contribution in [0.5, 0.6) is 11.5 Å². The summed E-state index contributed by atoms with van der Waals surface area (Å²) in [6, 6.07) is 21.7. The van der Waals surface area contributed by atoms with Crippen molar-refractivity contribution in [3.8, 4) is 11.5 Å². The van der Waals surface area contributed by atoms with Gasteiger partial charge in [0.15, 0.2) is 6.61 Å². The minimum absolute atomic E-state index is 0.157. The number of nitrogens with one attached hydrogen (secondary N) is 1. The molecule has 0 bridgehead atoms. The molecule has 0 aliphatic heterocycles. The van der Waals surface area contributed by atoms with Gasteiger partial charge in [0.1, 0.15) is 23.4 Å². The molecule has 0 saturated heterocycles. The van der Waals surface area contributed by atoms with E-state index in [-0.39, 0.29) is 30.8 Å². The summed E-state index contributed by atoms with van der Waals surface area (Å²) in [5.41, 5.74) is 1.77. The van der Waals surface area contributed by atoms with Crippen LogP contribution < -0.4 is 14.8 Å². The van der Waals surface area contributed by atoms with Gasteiger partial charge in [0, 0.05) is 13.1 Å². The van der Waals surface area contributed by atoms with E-state index in [0.717, 1.165) is 11.3 Å². The summed E-state index contributed by atoms with van der Waals surface area (Å²) < 4.78 is 24.1. The summed E-state index contributed by atoms with van der Waals surface area (Å²) in [6.45, 7) is 2.04. The average molecular weight is 465 g/mol. The Labute approximate surface area is 199 Å². The molecule has 34 heavy (non-hydrogen) atoms. The van der Waals surface area contributed by atoms with E-state index in [2.05, 4.69) is 5.32 Å². The highest BCUT2D eigenvalue weighted by Gasteiger charge is 2.26. The van der Waals surface area contributed by atoms with E-state index in [9.17, 15) is 14.0 Å². The van der Waals surface area contributed by atoms with E-state index in [1.54, 1.807) is 38.3 Å². The number of benzene rings is 3. The van der Waals surface area contributed by atoms with Crippen molar-refractivity contribution >= 4 is 11.8 Å². The molecule has 0 radical (unpaired) electrons. The number of para-hydroxylation sites is 1. The van der Waals surface area contributed by atoms with Crippen molar-refractivity contribution in [1.29, 1.82) is 0 Å². The standard InChI is InChI=1S/C27H29FN2O4/c1-20(27(32)29-17-16-21-10-14-24(33-2)15-11-21)30(18-22-8-12-23(28)13-9-22)26(31)19-34-25-6-4-3-5-7-25/h3-15,20H,16-19H2,1-2H3,(H,29,32)/t20-/m1/s1. The molecule has 0 fully saturated rings. The van der Waals surface area contributed by atoms with Gasteiger partial charge >= 0.3 is 0 Å². The van der Waals surface area contributed by atoms with E-state index in [4.69, 9.17) is 9.47 Å². The zero-order valence-corrected chi connectivity index (χ0v) is 19.4. The number of rotatable bonds is 11. The second-order valence-electron chi connectivity index (χ2n) is 7.81. The van der Waals surface area contributed by atoms with Crippen molar-refractivity contribution in [2.75, 3.05) is 20.3 Å². The van der Waals surface area contributed by atoms with Gasteiger partial charge in [0.05, 0.1) is 7.11 Å². The number of halogens is 1. The minimum atomic E-state index is -0.743. The molecule has 0 unspecified atom stereocenters. The normalized spacial score (nSPS) is 11.4. The van der Waals surface area contributed by atoms with Gasteiger partial charge in [-0.05, 0) is 60.9 Å². The number of methoxy groups -OCH3 is 1. The summed E-state index contributed by atoms with van der Waals surface area (Å²) in [4.78, 5) is 27.3. The number of ether oxygens (including phenoxy) is 2. The van der Waals surface area contributed by atoms with Crippen LogP contribution in [0.4, 0.5) is 4.39 Å². The third kappa shape index (κ3) is 7.33. The smallest absolute Gasteiger partial charge is 0.261 e. The first-order valence-corrected chi connectivity index (χ1v) is 11.1. The lowest BCUT2D eigenvalue weighted by Gasteiger charge is -2.28. The Balaban J connectivity index is 1.62. The van der Waals surface area contributed by atoms with Crippen LogP contribution in [0, 0.1) is 5.82 Å². The molecule has 7 heteroatoms. The molecule has 0 aromatic heterocycles. The predicted molar refractivity (Wildman–Crippen MR) is 128 cm³/mol. The highest BCUT2D eigenvalue weighted by atomic mass is 19.1. The Morgan fingerprint density at radius 3 is 2.21 bits per heavy atom. The van der Waals surface area contributed by atoms with Crippen LogP contribution in [0.1, 0.15) is 18.1 Å². The van der Waals surface area contributed by atoms with Gasteiger partial charge < -0.3 is 19.7 Å². The van der Waals surface area contributed by atoms with Crippen molar-refractivity contribution in [2.24, 2.45) is 0 Å². The van der Waals surface area contributed by atoms with Gasteiger partial charge in [-0.1, -0.05) is 42.5 Å². The molecule has 0 aliphatic carbocycles. The first-order valence-electron chi connectivity index (χ1n) is 11.1. The quantitative estimate of drug-likeness (QED) is 0.466. The zero-order valence-electron chi connectivity index (χ0n) is 19.4. The molecule has 2 amide bonds. The number of nitrogens with zero attached hydrogens (tertiary/aromatic N) is 1. The van der Waals surface area contributed by atoms with Crippen molar-refractivity contribution in [1.82, 2.24) is 10.2 Å². The molecule has 178 valence electrons. The molecule has 0 aliphatic rings. The summed E-state index contributed by atoms with van der Waals surface area (Å²) in [5, 5.41) is 2.90. The van der Waals surface area contributed by atoms with Gasteiger partial charge in [-0.2, -0.15) is 0 Å². The zero-order chi connectivity index (χ0) is 24.3. The monoisotopic (exact) mass is 464 g/mol. The van der Waals surface area contributed by atoms with Gasteiger partial charge in [0.25, 0.3) is 5.91 Å². The Morgan fingerprint density at radius 1 is 0.912 bits per heavy atom. The van der Waals surface area contributed by atoms with Crippen LogP contribution in [0.15, 0.2) is 78.9 Å². The van der Waals surface area contributed by atoms with Gasteiger partial charge in [0.2, 0.25) is 5.91 Å². The predicted octanol–water partition coefficient (Wildman–Crippen LogP) is 3.99. The Morgan fingerprint density at radius 2 is 1.56 bits per heavy atom. The van der Waals surface area contributed by atoms with Crippen molar-refractivity contribution < 1.29 is 23.5 Å². The lowest BCUT2D eigenvalue weighted by atomic mass is 10.1. The van der Waals surface area contributed by atoms with Crippen LogP contribution in [0.25, 0.3) is 0 Å². The van der Waals surface area contributed by atoms with Crippen LogP contribution in [-0.4, -0.2) is 43.0 Å². The number of amides is 2. The Bertz CT molecular complexity index is 1060. The van der Waals surface area contributed by atoms with E-state index in [1.807, 2.05) is 42.5 Å². The fourth-order valence-electron chi connectivity index (χ4n) is 3.38. The van der Waals surface area contributed by atoms with Gasteiger partial charge in [-0.15, -0.1) is 0 Å². The van der Waals surface area contributed by atoms with Crippen LogP contribution >= 0.6 is 0 Å². The fraction of sp³-hybridized carbons (Fsp3) is 0.259. The van der Waals surface area contributed by atoms with Crippen molar-refractivity contribution in [3.05, 3.63) is 95.8 Å². The Kier molecular flexibility index (Phi) is 9.03. The van der Waals surface area contributed by atoms with Crippen LogP contribution in [0.3, 0.4) is 0 Å². The number of carbonyl (C=O) groups is 2. The van der Waals surface area contributed by atoms with Gasteiger partial charge in [-0.25, -0.2) is 4.39 Å². The molecule has 0 saturated carbocycles. The topological polar surface area (TPSA) is 67.9 Å². The number of hydrogen-bond acceptors (Lipinski definition) is 4. The first kappa shape index (κ1) is 24.8. The van der Waals surface area contributed by atoms with E-state index in [1.165, 1.54) is 17.0 Å². The van der Waals surface area contributed by atoms with Crippen molar-refractivity contribution in [2.45, 2.75) is 25.9 Å². The molecule has 0 heterocycles. The summed E-state index contributed by atoms with van der Waals surface area (Å²) >= 11 is 0. The lowest BCUT2D eigenvalue weighted by Crippen LogP contribution is -2.49. The largest absolute Gasteiger partial charge is 0.497 e. The van der Waals surface area contributed by atoms with Crippen LogP contribution in [0.2, 0.25) is 0 Å². The SMILES string of the molecule is COc1ccc(CCNC(=O)[C@@H](C)N(Cc2ccc(F)cc2)C(=O)COc2ccccc2)cc1. The molecule has 0 spiro atoms. The second-order valence-corrected chi connectivity index (χ2v) is 7.81. The number of hydrogen-bond donors (Lipinski definition) is 1. The minimum Gasteiger partial charge on any atom is -0.497 e. The maximum absolute atomic E-state index is 13.3. The van der Waals surface area contributed by atoms with Gasteiger partial charge in [-0.3, -0.25) is 9.59 Å². The molecular weight excluding hydrogens is 435 g/mol.